The van der Waals surface area contributed by atoms with E-state index in [1.807, 2.05) is 72.8 Å². The van der Waals surface area contributed by atoms with E-state index in [1.165, 1.54) is 0 Å². The molecule has 0 saturated carbocycles. The minimum absolute atomic E-state index is 0.00887. The van der Waals surface area contributed by atoms with Gasteiger partial charge < -0.3 is 4.18 Å². The monoisotopic (exact) mass is 614 g/mol. The average Bonchev–Trinajstić information content (AvgIpc) is 3.65. The summed E-state index contributed by atoms with van der Waals surface area (Å²) in [7, 11) is -4.33. The highest BCUT2D eigenvalue weighted by Gasteiger charge is 2.35. The Morgan fingerprint density at radius 3 is 1.76 bits per heavy atom. The topological polar surface area (TPSA) is 112 Å². The molecule has 0 atom stereocenters. The minimum atomic E-state index is -4.33. The quantitative estimate of drug-likeness (QED) is 0.112. The summed E-state index contributed by atoms with van der Waals surface area (Å²) in [6.45, 7) is 0. The molecule has 0 radical (unpaired) electrons. The predicted octanol–water partition coefficient (Wildman–Crippen LogP) is 6.32. The van der Waals surface area contributed by atoms with Crippen LogP contribution in [0.25, 0.3) is 98.0 Å². The fraction of sp³-hybridized carbons (Fsp3) is 0. The second-order valence-electron chi connectivity index (χ2n) is 12.1. The maximum atomic E-state index is 14.2. The van der Waals surface area contributed by atoms with Crippen LogP contribution >= 0.6 is 0 Å². The van der Waals surface area contributed by atoms with Gasteiger partial charge in [0.25, 0.3) is 11.1 Å². The average molecular weight is 615 g/mol. The lowest BCUT2D eigenvalue weighted by molar-refractivity contribution is 0.488. The zero-order valence-electron chi connectivity index (χ0n) is 23.3. The standard InChI is InChI=1S/C36H14N4O5S/c41-35-18-12-10-16-15-9-11-17-27-20(36(42)39-23-7-3-1-5-21(23)37-33(17)39)13-25-31(29(15)27)32-26(46(43,44)45-25)14-19(28(18)30(16)32)34-38-22-6-2-4-8-24(22)40(34)35/h1-14H. The Bertz CT molecular complexity index is 3510. The second kappa shape index (κ2) is 7.06. The van der Waals surface area contributed by atoms with Crippen LogP contribution in [-0.4, -0.2) is 27.2 Å². The van der Waals surface area contributed by atoms with Crippen molar-refractivity contribution in [1.82, 2.24) is 18.8 Å². The van der Waals surface area contributed by atoms with Crippen molar-refractivity contribution in [2.75, 3.05) is 0 Å². The van der Waals surface area contributed by atoms with Gasteiger partial charge in [-0.1, -0.05) is 36.4 Å². The molecule has 1 aliphatic heterocycles. The maximum absolute atomic E-state index is 14.2. The van der Waals surface area contributed by atoms with Crippen molar-refractivity contribution in [2.45, 2.75) is 4.90 Å². The number of para-hydroxylation sites is 4. The van der Waals surface area contributed by atoms with Crippen molar-refractivity contribution >= 4 is 108 Å². The number of nitrogens with zero attached hydrogens (tertiary/aromatic N) is 4. The van der Waals surface area contributed by atoms with Crippen LogP contribution in [0.5, 0.6) is 5.75 Å². The molecule has 0 unspecified atom stereocenters. The van der Waals surface area contributed by atoms with Gasteiger partial charge in [-0.15, -0.1) is 0 Å². The van der Waals surface area contributed by atoms with Gasteiger partial charge in [-0.05, 0) is 59.3 Å². The van der Waals surface area contributed by atoms with Crippen LogP contribution in [0.15, 0.2) is 99.4 Å². The van der Waals surface area contributed by atoms with Gasteiger partial charge in [-0.2, -0.15) is 8.42 Å². The summed E-state index contributed by atoms with van der Waals surface area (Å²) >= 11 is 0. The molecule has 7 aromatic carbocycles. The van der Waals surface area contributed by atoms with E-state index >= 15 is 0 Å². The Morgan fingerprint density at radius 2 is 1.07 bits per heavy atom. The largest absolute Gasteiger partial charge is 0.378 e. The third kappa shape index (κ3) is 2.32. The summed E-state index contributed by atoms with van der Waals surface area (Å²) in [5.74, 6) is 0.0929. The number of aromatic nitrogens is 4. The molecular weight excluding hydrogens is 600 g/mol. The molecule has 4 aromatic heterocycles. The summed E-state index contributed by atoms with van der Waals surface area (Å²) < 4.78 is 37.1. The Labute approximate surface area is 255 Å². The molecule has 0 N–H and O–H groups in total. The van der Waals surface area contributed by atoms with Crippen LogP contribution < -0.4 is 15.3 Å². The van der Waals surface area contributed by atoms with Crippen LogP contribution in [0.2, 0.25) is 0 Å². The van der Waals surface area contributed by atoms with Crippen molar-refractivity contribution in [3.05, 3.63) is 106 Å². The van der Waals surface area contributed by atoms with E-state index in [0.717, 1.165) is 21.5 Å². The molecule has 5 heterocycles. The van der Waals surface area contributed by atoms with Crippen molar-refractivity contribution in [2.24, 2.45) is 0 Å². The minimum Gasteiger partial charge on any atom is -0.378 e. The third-order valence-corrected chi connectivity index (χ3v) is 11.2. The van der Waals surface area contributed by atoms with Crippen LogP contribution in [0.3, 0.4) is 0 Å². The number of hydrogen-bond donors (Lipinski definition) is 0. The van der Waals surface area contributed by atoms with Gasteiger partial charge in [-0.3, -0.25) is 18.4 Å². The fourth-order valence-electron chi connectivity index (χ4n) is 8.23. The lowest BCUT2D eigenvalue weighted by Gasteiger charge is -2.25. The Balaban J connectivity index is 1.42. The van der Waals surface area contributed by atoms with Gasteiger partial charge in [0.05, 0.1) is 27.5 Å². The predicted molar refractivity (Wildman–Crippen MR) is 178 cm³/mol. The van der Waals surface area contributed by atoms with E-state index in [2.05, 4.69) is 0 Å². The van der Waals surface area contributed by atoms with Crippen LogP contribution in [0.1, 0.15) is 0 Å². The number of rotatable bonds is 0. The molecule has 11 aromatic rings. The summed E-state index contributed by atoms with van der Waals surface area (Å²) in [6.07, 6.45) is 0. The molecule has 10 heteroatoms. The van der Waals surface area contributed by atoms with Gasteiger partial charge in [-0.25, -0.2) is 9.97 Å². The van der Waals surface area contributed by atoms with Gasteiger partial charge in [0.1, 0.15) is 16.2 Å². The zero-order valence-corrected chi connectivity index (χ0v) is 24.1. The maximum Gasteiger partial charge on any atom is 0.339 e. The summed E-state index contributed by atoms with van der Waals surface area (Å²) in [5, 5.41) is 7.58. The molecule has 0 amide bonds. The Kier molecular flexibility index (Phi) is 3.57. The van der Waals surface area contributed by atoms with E-state index in [1.54, 1.807) is 20.9 Å². The summed E-state index contributed by atoms with van der Waals surface area (Å²) in [5.41, 5.74) is 3.05. The fourth-order valence-corrected chi connectivity index (χ4v) is 9.40. The molecule has 0 aliphatic carbocycles. The van der Waals surface area contributed by atoms with E-state index in [-0.39, 0.29) is 21.8 Å². The first kappa shape index (κ1) is 23.3. The molecule has 9 nitrogen and oxygen atoms in total. The molecule has 0 saturated heterocycles. The number of fused-ring (bicyclic) bond motifs is 9. The molecular formula is C36H14N4O5S. The van der Waals surface area contributed by atoms with Crippen molar-refractivity contribution < 1.29 is 12.6 Å². The molecule has 1 aliphatic rings. The molecule has 46 heavy (non-hydrogen) atoms. The highest BCUT2D eigenvalue weighted by Crippen LogP contribution is 2.53. The van der Waals surface area contributed by atoms with Crippen molar-refractivity contribution in [1.29, 1.82) is 0 Å². The third-order valence-electron chi connectivity index (χ3n) is 9.97. The van der Waals surface area contributed by atoms with E-state index in [9.17, 15) is 18.0 Å². The normalized spacial score (nSPS) is 14.8. The second-order valence-corrected chi connectivity index (χ2v) is 13.6. The SMILES string of the molecule is O=c1c2cc3c4c5c(cc6c7c(ccc(c8ccc(c2c84)c2nc4ccccc4n12)c57)c(=O)n1c2ccccc2nc61)S(=O)(=O)O3. The molecule has 0 bridgehead atoms. The van der Waals surface area contributed by atoms with Gasteiger partial charge in [0.15, 0.2) is 5.75 Å². The van der Waals surface area contributed by atoms with Gasteiger partial charge in [0.2, 0.25) is 0 Å². The lowest BCUT2D eigenvalue weighted by atomic mass is 9.85. The molecule has 214 valence electrons. The van der Waals surface area contributed by atoms with Gasteiger partial charge in [0, 0.05) is 48.5 Å². The molecule has 12 rings (SSSR count). The molecule has 0 spiro atoms. The first-order chi connectivity index (χ1) is 22.4. The van der Waals surface area contributed by atoms with Crippen LogP contribution in [-0.2, 0) is 10.1 Å². The highest BCUT2D eigenvalue weighted by molar-refractivity contribution is 7.87. The first-order valence-corrected chi connectivity index (χ1v) is 16.1. The Hall–Kier alpha value is -6.13. The zero-order chi connectivity index (χ0) is 30.4. The van der Waals surface area contributed by atoms with E-state index in [4.69, 9.17) is 14.2 Å². The first-order valence-electron chi connectivity index (χ1n) is 14.7. The van der Waals surface area contributed by atoms with Crippen LogP contribution in [0, 0.1) is 0 Å². The Morgan fingerprint density at radius 1 is 0.522 bits per heavy atom. The van der Waals surface area contributed by atoms with E-state index in [0.29, 0.717) is 76.5 Å². The molecule has 0 fully saturated rings. The van der Waals surface area contributed by atoms with Crippen molar-refractivity contribution in [3.8, 4) is 5.75 Å². The number of pyridine rings is 2. The number of imidazole rings is 2. The van der Waals surface area contributed by atoms with Gasteiger partial charge >= 0.3 is 10.1 Å². The summed E-state index contributed by atoms with van der Waals surface area (Å²) in [6, 6.07) is 25.6. The van der Waals surface area contributed by atoms with E-state index < -0.39 is 10.1 Å². The smallest absolute Gasteiger partial charge is 0.339 e. The number of benzene rings is 7. The van der Waals surface area contributed by atoms with Crippen molar-refractivity contribution in [3.63, 3.8) is 0 Å². The lowest BCUT2D eigenvalue weighted by Crippen LogP contribution is -2.18. The number of hydrogen-bond acceptors (Lipinski definition) is 7. The highest BCUT2D eigenvalue weighted by atomic mass is 32.2. The summed E-state index contributed by atoms with van der Waals surface area (Å²) in [4.78, 5) is 38.0. The van der Waals surface area contributed by atoms with Crippen LogP contribution in [0.4, 0.5) is 0 Å².